The highest BCUT2D eigenvalue weighted by Gasteiger charge is 2.31. The van der Waals surface area contributed by atoms with Gasteiger partial charge in [-0.1, -0.05) is 0 Å². The quantitative estimate of drug-likeness (QED) is 0.590. The van der Waals surface area contributed by atoms with Gasteiger partial charge in [0.15, 0.2) is 0 Å². The maximum atomic E-state index is 13.0. The highest BCUT2D eigenvalue weighted by molar-refractivity contribution is 7.89. The molecule has 0 bridgehead atoms. The molecule has 1 saturated carbocycles. The van der Waals surface area contributed by atoms with Crippen molar-refractivity contribution in [3.63, 3.8) is 0 Å². The van der Waals surface area contributed by atoms with E-state index in [1.807, 2.05) is 39.1 Å². The maximum absolute atomic E-state index is 13.0. The molecule has 2 N–H and O–H groups in total. The van der Waals surface area contributed by atoms with Crippen LogP contribution in [0.2, 0.25) is 0 Å². The van der Waals surface area contributed by atoms with Crippen molar-refractivity contribution in [3.05, 3.63) is 48.8 Å². The lowest BCUT2D eigenvalue weighted by Gasteiger charge is -2.32. The van der Waals surface area contributed by atoms with Gasteiger partial charge in [-0.15, -0.1) is 0 Å². The summed E-state index contributed by atoms with van der Waals surface area (Å²) in [6, 6.07) is 10.9. The number of rotatable bonds is 6. The van der Waals surface area contributed by atoms with Crippen LogP contribution in [0.25, 0.3) is 22.2 Å². The Morgan fingerprint density at radius 2 is 1.91 bits per heavy atom. The molecule has 1 aliphatic rings. The zero-order chi connectivity index (χ0) is 22.9. The summed E-state index contributed by atoms with van der Waals surface area (Å²) in [5.41, 5.74) is 2.71. The van der Waals surface area contributed by atoms with E-state index in [-0.39, 0.29) is 28.8 Å². The number of benzene rings is 1. The van der Waals surface area contributed by atoms with Gasteiger partial charge in [0.25, 0.3) is 0 Å². The molecule has 2 aromatic heterocycles. The number of sulfonamides is 1. The summed E-state index contributed by atoms with van der Waals surface area (Å²) >= 11 is 0. The Bertz CT molecular complexity index is 1200. The third-order valence-corrected chi connectivity index (χ3v) is 7.91. The van der Waals surface area contributed by atoms with Crippen LogP contribution in [0.3, 0.4) is 0 Å². The Hall–Kier alpha value is -2.71. The van der Waals surface area contributed by atoms with Crippen LogP contribution in [0.1, 0.15) is 39.5 Å². The molecule has 3 aromatic rings. The molecule has 2 heterocycles. The van der Waals surface area contributed by atoms with Crippen molar-refractivity contribution in [2.45, 2.75) is 56.5 Å². The average Bonchev–Trinajstić information content (AvgIpc) is 3.22. The van der Waals surface area contributed by atoms with Crippen molar-refractivity contribution >= 4 is 26.8 Å². The monoisotopic (exact) mass is 454 g/mol. The molecule has 0 unspecified atom stereocenters. The first kappa shape index (κ1) is 22.5. The number of H-pyrrole nitrogens is 1. The minimum absolute atomic E-state index is 0.0229. The molecule has 7 nitrogen and oxygen atoms in total. The van der Waals surface area contributed by atoms with Crippen molar-refractivity contribution in [1.29, 1.82) is 0 Å². The number of carbonyl (C=O) groups is 1. The second-order valence-electron chi connectivity index (χ2n) is 8.89. The van der Waals surface area contributed by atoms with Gasteiger partial charge in [-0.25, -0.2) is 13.1 Å². The van der Waals surface area contributed by atoms with Crippen molar-refractivity contribution in [1.82, 2.24) is 19.6 Å². The third-order valence-electron chi connectivity index (χ3n) is 6.40. The molecule has 1 fully saturated rings. The lowest BCUT2D eigenvalue weighted by Crippen LogP contribution is -2.42. The summed E-state index contributed by atoms with van der Waals surface area (Å²) in [6.45, 7) is 4.00. The van der Waals surface area contributed by atoms with E-state index in [9.17, 15) is 13.2 Å². The zero-order valence-corrected chi connectivity index (χ0v) is 19.5. The van der Waals surface area contributed by atoms with Crippen molar-refractivity contribution in [3.8, 4) is 11.3 Å². The van der Waals surface area contributed by atoms with Crippen LogP contribution in [0.15, 0.2) is 53.7 Å². The second-order valence-corrected chi connectivity index (χ2v) is 10.6. The molecule has 1 amide bonds. The van der Waals surface area contributed by atoms with Crippen molar-refractivity contribution in [2.24, 2.45) is 5.92 Å². The normalized spacial score (nSPS) is 19.4. The van der Waals surface area contributed by atoms with E-state index in [1.54, 1.807) is 35.5 Å². The molecular weight excluding hydrogens is 424 g/mol. The first-order valence-electron chi connectivity index (χ1n) is 11.1. The standard InChI is InChI=1S/C24H30N4O3S/c1-16(2)28(3)24(29)17-6-8-20(9-7-17)27-32(30,31)21-10-11-22-19(13-21)14-23(26-22)18-5-4-12-25-15-18/h4-5,10-17,20,26-27H,6-9H2,1-3H3. The number of carbonyl (C=O) groups excluding carboxylic acids is 1. The van der Waals surface area contributed by atoms with Crippen LogP contribution in [0.5, 0.6) is 0 Å². The number of hydrogen-bond donors (Lipinski definition) is 2. The number of hydrogen-bond acceptors (Lipinski definition) is 4. The predicted octanol–water partition coefficient (Wildman–Crippen LogP) is 3.93. The Morgan fingerprint density at radius 1 is 1.16 bits per heavy atom. The highest BCUT2D eigenvalue weighted by Crippen LogP contribution is 2.29. The number of aromatic nitrogens is 2. The van der Waals surface area contributed by atoms with E-state index in [0.717, 1.165) is 22.2 Å². The van der Waals surface area contributed by atoms with Gasteiger partial charge in [-0.3, -0.25) is 9.78 Å². The summed E-state index contributed by atoms with van der Waals surface area (Å²) < 4.78 is 28.9. The highest BCUT2D eigenvalue weighted by atomic mass is 32.2. The lowest BCUT2D eigenvalue weighted by molar-refractivity contribution is -0.136. The number of fused-ring (bicyclic) bond motifs is 1. The average molecular weight is 455 g/mol. The molecule has 0 saturated heterocycles. The molecule has 0 spiro atoms. The second kappa shape index (κ2) is 9.03. The molecule has 1 aliphatic carbocycles. The van der Waals surface area contributed by atoms with Crippen LogP contribution in [0.4, 0.5) is 0 Å². The van der Waals surface area contributed by atoms with Crippen LogP contribution in [0, 0.1) is 5.92 Å². The Labute approximate surface area is 189 Å². The fraction of sp³-hybridized carbons (Fsp3) is 0.417. The Morgan fingerprint density at radius 3 is 2.56 bits per heavy atom. The van der Waals surface area contributed by atoms with E-state index in [1.165, 1.54) is 0 Å². The van der Waals surface area contributed by atoms with Gasteiger partial charge >= 0.3 is 0 Å². The molecule has 4 rings (SSSR count). The fourth-order valence-electron chi connectivity index (χ4n) is 4.24. The van der Waals surface area contributed by atoms with E-state index < -0.39 is 10.0 Å². The topological polar surface area (TPSA) is 95.2 Å². The van der Waals surface area contributed by atoms with Crippen molar-refractivity contribution in [2.75, 3.05) is 7.05 Å². The summed E-state index contributed by atoms with van der Waals surface area (Å²) in [6.07, 6.45) is 6.22. The minimum Gasteiger partial charge on any atom is -0.354 e. The zero-order valence-electron chi connectivity index (χ0n) is 18.7. The predicted molar refractivity (Wildman–Crippen MR) is 126 cm³/mol. The summed E-state index contributed by atoms with van der Waals surface area (Å²) in [5, 5.41) is 0.831. The summed E-state index contributed by atoms with van der Waals surface area (Å²) in [4.78, 5) is 22.0. The van der Waals surface area contributed by atoms with E-state index in [2.05, 4.69) is 14.7 Å². The van der Waals surface area contributed by atoms with Gasteiger partial charge in [0, 0.05) is 59.6 Å². The van der Waals surface area contributed by atoms with Crippen molar-refractivity contribution < 1.29 is 13.2 Å². The van der Waals surface area contributed by atoms with Crippen LogP contribution >= 0.6 is 0 Å². The number of amides is 1. The van der Waals surface area contributed by atoms with Gasteiger partial charge in [-0.2, -0.15) is 0 Å². The first-order valence-corrected chi connectivity index (χ1v) is 12.5. The van der Waals surface area contributed by atoms with E-state index in [4.69, 9.17) is 0 Å². The number of nitrogens with zero attached hydrogens (tertiary/aromatic N) is 2. The lowest BCUT2D eigenvalue weighted by atomic mass is 9.85. The Balaban J connectivity index is 1.44. The third kappa shape index (κ3) is 4.71. The van der Waals surface area contributed by atoms with Crippen LogP contribution < -0.4 is 4.72 Å². The summed E-state index contributed by atoms with van der Waals surface area (Å²) in [5.74, 6) is 0.133. The SMILES string of the molecule is CC(C)N(C)C(=O)C1CCC(NS(=O)(=O)c2ccc3[nH]c(-c4cccnc4)cc3c2)CC1. The summed E-state index contributed by atoms with van der Waals surface area (Å²) in [7, 11) is -1.81. The maximum Gasteiger partial charge on any atom is 0.240 e. The van der Waals surface area contributed by atoms with Gasteiger partial charge < -0.3 is 9.88 Å². The molecule has 32 heavy (non-hydrogen) atoms. The van der Waals surface area contributed by atoms with E-state index in [0.29, 0.717) is 25.7 Å². The molecule has 0 aliphatic heterocycles. The molecular formula is C24H30N4O3S. The molecule has 8 heteroatoms. The van der Waals surface area contributed by atoms with Gasteiger partial charge in [-0.05, 0) is 75.9 Å². The fourth-order valence-corrected chi connectivity index (χ4v) is 5.58. The number of pyridine rings is 1. The Kier molecular flexibility index (Phi) is 6.35. The van der Waals surface area contributed by atoms with Gasteiger partial charge in [0.05, 0.1) is 4.90 Å². The first-order chi connectivity index (χ1) is 15.2. The molecule has 170 valence electrons. The molecule has 1 aromatic carbocycles. The number of aromatic amines is 1. The van der Waals surface area contributed by atoms with Gasteiger partial charge in [0.2, 0.25) is 15.9 Å². The van der Waals surface area contributed by atoms with Crippen LogP contribution in [-0.2, 0) is 14.8 Å². The van der Waals surface area contributed by atoms with E-state index >= 15 is 0 Å². The largest absolute Gasteiger partial charge is 0.354 e. The van der Waals surface area contributed by atoms with Crippen LogP contribution in [-0.4, -0.2) is 48.3 Å². The molecule has 0 radical (unpaired) electrons. The smallest absolute Gasteiger partial charge is 0.240 e. The number of nitrogens with one attached hydrogen (secondary N) is 2. The minimum atomic E-state index is -3.65. The van der Waals surface area contributed by atoms with Gasteiger partial charge in [0.1, 0.15) is 0 Å². The molecule has 0 atom stereocenters.